The molecule has 0 aromatic carbocycles. The number of aliphatic hydroxyl groups is 1. The summed E-state index contributed by atoms with van der Waals surface area (Å²) in [6.45, 7) is 3.17. The molecule has 140 valence electrons. The molecule has 0 radical (unpaired) electrons. The van der Waals surface area contributed by atoms with Gasteiger partial charge in [0.1, 0.15) is 5.76 Å². The molecule has 1 unspecified atom stereocenters. The molecule has 2 aromatic rings. The van der Waals surface area contributed by atoms with Crippen molar-refractivity contribution < 1.29 is 14.3 Å². The zero-order valence-electron chi connectivity index (χ0n) is 14.8. The van der Waals surface area contributed by atoms with E-state index in [-0.39, 0.29) is 18.4 Å². The quantitative estimate of drug-likeness (QED) is 0.744. The number of carbonyl (C=O) groups excluding carboxylic acids is 1. The van der Waals surface area contributed by atoms with Gasteiger partial charge in [-0.2, -0.15) is 0 Å². The molecular weight excluding hydrogens is 334 g/mol. The van der Waals surface area contributed by atoms with Gasteiger partial charge in [0.05, 0.1) is 31.0 Å². The zero-order valence-corrected chi connectivity index (χ0v) is 14.8. The highest BCUT2D eigenvalue weighted by atomic mass is 16.3. The van der Waals surface area contributed by atoms with Crippen LogP contribution < -0.4 is 5.32 Å². The fourth-order valence-electron chi connectivity index (χ4n) is 4.22. The van der Waals surface area contributed by atoms with Gasteiger partial charge in [-0.15, -0.1) is 5.10 Å². The molecule has 0 saturated carbocycles. The van der Waals surface area contributed by atoms with E-state index in [1.165, 1.54) is 0 Å². The van der Waals surface area contributed by atoms with Crippen molar-refractivity contribution in [1.29, 1.82) is 0 Å². The monoisotopic (exact) mass is 359 g/mol. The minimum atomic E-state index is 0.0515. The van der Waals surface area contributed by atoms with Gasteiger partial charge >= 0.3 is 0 Å². The summed E-state index contributed by atoms with van der Waals surface area (Å²) < 4.78 is 7.14. The van der Waals surface area contributed by atoms with Gasteiger partial charge in [0.15, 0.2) is 0 Å². The predicted octanol–water partition coefficient (Wildman–Crippen LogP) is 0.433. The first-order valence-corrected chi connectivity index (χ1v) is 9.27. The highest BCUT2D eigenvalue weighted by Crippen LogP contribution is 2.36. The average molecular weight is 359 g/mol. The fourth-order valence-corrected chi connectivity index (χ4v) is 4.22. The third-order valence-electron chi connectivity index (χ3n) is 5.58. The Labute approximate surface area is 152 Å². The van der Waals surface area contributed by atoms with Gasteiger partial charge in [-0.05, 0) is 37.4 Å². The molecule has 0 aliphatic carbocycles. The Morgan fingerprint density at radius 2 is 2.38 bits per heavy atom. The Morgan fingerprint density at radius 3 is 3.12 bits per heavy atom. The molecule has 2 bridgehead atoms. The summed E-state index contributed by atoms with van der Waals surface area (Å²) in [7, 11) is 0. The highest BCUT2D eigenvalue weighted by Gasteiger charge is 2.43. The summed E-state index contributed by atoms with van der Waals surface area (Å²) >= 11 is 0. The molecule has 1 amide bonds. The number of furan rings is 1. The summed E-state index contributed by atoms with van der Waals surface area (Å²) in [6, 6.07) is 4.10. The van der Waals surface area contributed by atoms with E-state index in [1.54, 1.807) is 6.26 Å². The Hall–Kier alpha value is -2.19. The number of hydrogen-bond donors (Lipinski definition) is 2. The molecule has 4 atom stereocenters. The fraction of sp³-hybridized carbons (Fsp3) is 0.611. The molecule has 3 saturated heterocycles. The number of nitrogens with one attached hydrogen (secondary N) is 1. The van der Waals surface area contributed by atoms with Crippen LogP contribution in [0.25, 0.3) is 0 Å². The van der Waals surface area contributed by atoms with Crippen molar-refractivity contribution in [3.63, 3.8) is 0 Å². The van der Waals surface area contributed by atoms with E-state index in [0.717, 1.165) is 43.9 Å². The van der Waals surface area contributed by atoms with Gasteiger partial charge in [0.25, 0.3) is 0 Å². The minimum Gasteiger partial charge on any atom is -0.467 e. The van der Waals surface area contributed by atoms with Crippen molar-refractivity contribution in [2.45, 2.75) is 38.4 Å². The van der Waals surface area contributed by atoms with Crippen molar-refractivity contribution in [3.8, 4) is 0 Å². The Bertz CT molecular complexity index is 729. The van der Waals surface area contributed by atoms with Crippen molar-refractivity contribution in [1.82, 2.24) is 25.2 Å². The van der Waals surface area contributed by atoms with Crippen LogP contribution >= 0.6 is 0 Å². The first-order valence-electron chi connectivity index (χ1n) is 9.27. The van der Waals surface area contributed by atoms with Crippen LogP contribution in [0, 0.1) is 11.8 Å². The second kappa shape index (κ2) is 7.59. The number of hydrogen-bond acceptors (Lipinski definition) is 6. The maximum Gasteiger partial charge on any atom is 0.225 e. The lowest BCUT2D eigenvalue weighted by molar-refractivity contribution is -0.133. The SMILES string of the molecule is O=C(NCc1ccco1)[C@H]1CN2CC[C@H]1C[C@@H]2Cn1cc(CCO)nn1. The Morgan fingerprint density at radius 1 is 1.46 bits per heavy atom. The van der Waals surface area contributed by atoms with Crippen LogP contribution in [0.1, 0.15) is 24.3 Å². The molecule has 3 aliphatic heterocycles. The number of aromatic nitrogens is 3. The molecule has 3 fully saturated rings. The smallest absolute Gasteiger partial charge is 0.225 e. The van der Waals surface area contributed by atoms with Crippen molar-refractivity contribution in [3.05, 3.63) is 36.0 Å². The lowest BCUT2D eigenvalue weighted by Gasteiger charge is -2.49. The first-order chi connectivity index (χ1) is 12.7. The van der Waals surface area contributed by atoms with Gasteiger partial charge in [-0.3, -0.25) is 14.4 Å². The summed E-state index contributed by atoms with van der Waals surface area (Å²) in [5, 5.41) is 20.3. The van der Waals surface area contributed by atoms with Crippen LogP contribution in [0.2, 0.25) is 0 Å². The third kappa shape index (κ3) is 3.66. The van der Waals surface area contributed by atoms with Crippen molar-refractivity contribution >= 4 is 5.91 Å². The van der Waals surface area contributed by atoms with Gasteiger partial charge in [0.2, 0.25) is 5.91 Å². The number of rotatable bonds is 7. The molecule has 0 spiro atoms. The second-order valence-corrected chi connectivity index (χ2v) is 7.24. The summed E-state index contributed by atoms with van der Waals surface area (Å²) in [4.78, 5) is 15.0. The summed E-state index contributed by atoms with van der Waals surface area (Å²) in [5.41, 5.74) is 0.818. The predicted molar refractivity (Wildman–Crippen MR) is 92.9 cm³/mol. The number of fused-ring (bicyclic) bond motifs is 3. The van der Waals surface area contributed by atoms with E-state index in [1.807, 2.05) is 23.0 Å². The number of amides is 1. The largest absolute Gasteiger partial charge is 0.467 e. The maximum absolute atomic E-state index is 12.6. The number of nitrogens with zero attached hydrogens (tertiary/aromatic N) is 4. The first kappa shape index (κ1) is 17.2. The van der Waals surface area contributed by atoms with Gasteiger partial charge < -0.3 is 14.8 Å². The van der Waals surface area contributed by atoms with Crippen LogP contribution in [-0.4, -0.2) is 56.6 Å². The Balaban J connectivity index is 1.32. The molecule has 8 heteroatoms. The van der Waals surface area contributed by atoms with Gasteiger partial charge in [-0.25, -0.2) is 0 Å². The van der Waals surface area contributed by atoms with Gasteiger partial charge in [-0.1, -0.05) is 5.21 Å². The lowest BCUT2D eigenvalue weighted by Crippen LogP contribution is -2.57. The van der Waals surface area contributed by atoms with Crippen LogP contribution in [0.4, 0.5) is 0 Å². The number of carbonyl (C=O) groups is 1. The van der Waals surface area contributed by atoms with E-state index in [9.17, 15) is 4.79 Å². The number of piperidine rings is 3. The minimum absolute atomic E-state index is 0.0515. The van der Waals surface area contributed by atoms with Crippen molar-refractivity contribution in [2.75, 3.05) is 19.7 Å². The van der Waals surface area contributed by atoms with E-state index in [4.69, 9.17) is 9.52 Å². The van der Waals surface area contributed by atoms with Crippen molar-refractivity contribution in [2.24, 2.45) is 11.8 Å². The van der Waals surface area contributed by atoms with Crippen LogP contribution in [0.5, 0.6) is 0 Å². The highest BCUT2D eigenvalue weighted by molar-refractivity contribution is 5.79. The average Bonchev–Trinajstić information content (AvgIpc) is 3.33. The van der Waals surface area contributed by atoms with Gasteiger partial charge in [0, 0.05) is 31.8 Å². The van der Waals surface area contributed by atoms with E-state index < -0.39 is 0 Å². The Kier molecular flexibility index (Phi) is 5.03. The molecule has 5 heterocycles. The normalized spacial score (nSPS) is 27.6. The molecule has 2 N–H and O–H groups in total. The summed E-state index contributed by atoms with van der Waals surface area (Å²) in [5.74, 6) is 1.38. The molecule has 26 heavy (non-hydrogen) atoms. The topological polar surface area (TPSA) is 96.4 Å². The third-order valence-corrected chi connectivity index (χ3v) is 5.58. The maximum atomic E-state index is 12.6. The molecule has 8 nitrogen and oxygen atoms in total. The molecule has 3 aliphatic rings. The van der Waals surface area contributed by atoms with Crippen LogP contribution in [0.3, 0.4) is 0 Å². The van der Waals surface area contributed by atoms with Crippen LogP contribution in [-0.2, 0) is 24.3 Å². The standard InChI is InChI=1S/C18H25N5O3/c24-6-4-14-10-23(21-20-14)11-15-8-13-3-5-22(15)12-17(13)18(25)19-9-16-2-1-7-26-16/h1-2,7,10,13,15,17,24H,3-6,8-9,11-12H2,(H,19,25)/t13-,15+,17-/m0/s1. The van der Waals surface area contributed by atoms with E-state index in [0.29, 0.717) is 24.9 Å². The van der Waals surface area contributed by atoms with E-state index in [2.05, 4.69) is 20.5 Å². The second-order valence-electron chi connectivity index (χ2n) is 7.24. The van der Waals surface area contributed by atoms with Crippen LogP contribution in [0.15, 0.2) is 29.0 Å². The zero-order chi connectivity index (χ0) is 17.9. The molecule has 2 aromatic heterocycles. The molecular formula is C18H25N5O3. The molecule has 5 rings (SSSR count). The van der Waals surface area contributed by atoms with E-state index >= 15 is 0 Å². The number of aliphatic hydroxyl groups excluding tert-OH is 1. The summed E-state index contributed by atoms with van der Waals surface area (Å²) in [6.07, 6.45) is 6.15. The lowest BCUT2D eigenvalue weighted by atomic mass is 9.75.